The zero-order chi connectivity index (χ0) is 26.1. The van der Waals surface area contributed by atoms with E-state index in [1.54, 1.807) is 6.08 Å². The topological polar surface area (TPSA) is 112 Å². The first-order valence-electron chi connectivity index (χ1n) is 11.2. The van der Waals surface area contributed by atoms with Crippen LogP contribution in [0.15, 0.2) is 69.1 Å². The Morgan fingerprint density at radius 3 is 2.39 bits per heavy atom. The van der Waals surface area contributed by atoms with E-state index in [-0.39, 0.29) is 17.9 Å². The molecule has 1 aliphatic carbocycles. The summed E-state index contributed by atoms with van der Waals surface area (Å²) in [7, 11) is -2.92. The predicted octanol–water partition coefficient (Wildman–Crippen LogP) is 3.93. The Kier molecular flexibility index (Phi) is 7.05. The van der Waals surface area contributed by atoms with E-state index in [0.29, 0.717) is 42.2 Å². The summed E-state index contributed by atoms with van der Waals surface area (Å²) in [6.07, 6.45) is -1.82. The van der Waals surface area contributed by atoms with Crippen molar-refractivity contribution in [1.82, 2.24) is 14.7 Å². The van der Waals surface area contributed by atoms with E-state index in [1.165, 1.54) is 6.07 Å². The molecular weight excluding hydrogens is 495 g/mol. The average Bonchev–Trinajstić information content (AvgIpc) is 2.85. The van der Waals surface area contributed by atoms with Crippen LogP contribution in [0.1, 0.15) is 53.1 Å². The van der Waals surface area contributed by atoms with Crippen LogP contribution in [0.5, 0.6) is 0 Å². The Labute approximate surface area is 205 Å². The van der Waals surface area contributed by atoms with Crippen LogP contribution in [0.25, 0.3) is 5.57 Å². The summed E-state index contributed by atoms with van der Waals surface area (Å²) in [5.74, 6) is -0.263. The van der Waals surface area contributed by atoms with Crippen molar-refractivity contribution in [1.29, 1.82) is 0 Å². The lowest BCUT2D eigenvalue weighted by atomic mass is 9.82. The Morgan fingerprint density at radius 2 is 1.78 bits per heavy atom. The van der Waals surface area contributed by atoms with Crippen molar-refractivity contribution in [3.63, 3.8) is 0 Å². The molecule has 0 radical (unpaired) electrons. The number of rotatable bonds is 6. The van der Waals surface area contributed by atoms with Crippen molar-refractivity contribution in [2.75, 3.05) is 7.05 Å². The number of nitrogens with one attached hydrogen (secondary N) is 3. The maximum Gasteiger partial charge on any atom is 0.417 e. The molecule has 2 aromatic carbocycles. The fraction of sp³-hybridized carbons (Fsp3) is 0.280. The monoisotopic (exact) mass is 519 g/mol. The number of sulfonamides is 1. The predicted molar refractivity (Wildman–Crippen MR) is 129 cm³/mol. The molecule has 36 heavy (non-hydrogen) atoms. The van der Waals surface area contributed by atoms with Crippen LogP contribution in [-0.2, 0) is 22.6 Å². The lowest BCUT2D eigenvalue weighted by Crippen LogP contribution is -2.30. The van der Waals surface area contributed by atoms with Gasteiger partial charge in [0.25, 0.3) is 5.56 Å². The minimum Gasteiger partial charge on any atom is -0.311 e. The summed E-state index contributed by atoms with van der Waals surface area (Å²) < 4.78 is 67.6. The van der Waals surface area contributed by atoms with Crippen LogP contribution >= 0.6 is 0 Å². The van der Waals surface area contributed by atoms with Gasteiger partial charge in [-0.25, -0.2) is 17.9 Å². The summed E-state index contributed by atoms with van der Waals surface area (Å²) in [5, 5.41) is 0. The average molecular weight is 520 g/mol. The number of aromatic amines is 2. The van der Waals surface area contributed by atoms with Crippen LogP contribution in [0.3, 0.4) is 0 Å². The summed E-state index contributed by atoms with van der Waals surface area (Å²) in [5.41, 5.74) is -0.0265. The second-order valence-electron chi connectivity index (χ2n) is 8.58. The zero-order valence-electron chi connectivity index (χ0n) is 19.3. The van der Waals surface area contributed by atoms with Gasteiger partial charge in [0, 0.05) is 23.6 Å². The van der Waals surface area contributed by atoms with Gasteiger partial charge in [-0.2, -0.15) is 13.2 Å². The molecule has 1 atom stereocenters. The van der Waals surface area contributed by atoms with Crippen LogP contribution in [0.2, 0.25) is 0 Å². The molecule has 1 unspecified atom stereocenters. The molecule has 0 bridgehead atoms. The Morgan fingerprint density at radius 1 is 1.06 bits per heavy atom. The summed E-state index contributed by atoms with van der Waals surface area (Å²) >= 11 is 0. The number of allylic oxidation sites excluding steroid dienone is 2. The van der Waals surface area contributed by atoms with Crippen molar-refractivity contribution in [3.8, 4) is 0 Å². The Bertz CT molecular complexity index is 1520. The molecule has 3 aromatic rings. The van der Waals surface area contributed by atoms with E-state index in [4.69, 9.17) is 0 Å². The maximum atomic E-state index is 13.8. The normalized spacial score (nSPS) is 16.6. The first-order chi connectivity index (χ1) is 17.0. The van der Waals surface area contributed by atoms with Gasteiger partial charge < -0.3 is 4.98 Å². The lowest BCUT2D eigenvalue weighted by molar-refractivity contribution is -0.137. The molecule has 4 rings (SSSR count). The smallest absolute Gasteiger partial charge is 0.311 e. The van der Waals surface area contributed by atoms with E-state index in [9.17, 15) is 31.2 Å². The molecule has 0 spiro atoms. The quantitative estimate of drug-likeness (QED) is 0.458. The van der Waals surface area contributed by atoms with Crippen LogP contribution in [0.4, 0.5) is 13.2 Å². The van der Waals surface area contributed by atoms with Crippen molar-refractivity contribution >= 4 is 15.6 Å². The fourth-order valence-corrected chi connectivity index (χ4v) is 5.27. The molecule has 11 heteroatoms. The summed E-state index contributed by atoms with van der Waals surface area (Å²) in [6.45, 7) is 0. The Balaban J connectivity index is 1.69. The van der Waals surface area contributed by atoms with Gasteiger partial charge in [0.1, 0.15) is 0 Å². The van der Waals surface area contributed by atoms with Crippen molar-refractivity contribution in [2.24, 2.45) is 0 Å². The van der Waals surface area contributed by atoms with E-state index in [0.717, 1.165) is 18.7 Å². The van der Waals surface area contributed by atoms with Gasteiger partial charge in [0.15, 0.2) is 0 Å². The molecular formula is C25H24F3N3O4S. The number of halogens is 3. The standard InChI is InChI=1S/C25H24F3N3O4S/c1-29-36(34,35)18-11-12-19(21(14-18)25(26,27)28)16-7-9-17(10-8-16)22-20(23(32)31-24(33)30-22)13-15-5-3-2-4-6-15/h2-7,11-12,14,17,29H,8-10,13H2,1H3,(H2,30,31,32,33). The molecule has 7 nitrogen and oxygen atoms in total. The highest BCUT2D eigenvalue weighted by Gasteiger charge is 2.36. The summed E-state index contributed by atoms with van der Waals surface area (Å²) in [6, 6.07) is 12.2. The molecule has 0 aliphatic heterocycles. The molecule has 0 fully saturated rings. The van der Waals surface area contributed by atoms with Crippen molar-refractivity contribution < 1.29 is 21.6 Å². The number of hydrogen-bond donors (Lipinski definition) is 3. The zero-order valence-corrected chi connectivity index (χ0v) is 20.1. The van der Waals surface area contributed by atoms with Gasteiger partial charge in [-0.1, -0.05) is 42.5 Å². The third-order valence-corrected chi connectivity index (χ3v) is 7.75. The maximum absolute atomic E-state index is 13.8. The minimum absolute atomic E-state index is 0.0834. The number of alkyl halides is 3. The third kappa shape index (κ3) is 5.36. The first-order valence-corrected chi connectivity index (χ1v) is 12.7. The molecule has 1 aromatic heterocycles. The highest BCUT2D eigenvalue weighted by molar-refractivity contribution is 7.89. The van der Waals surface area contributed by atoms with Gasteiger partial charge >= 0.3 is 11.9 Å². The van der Waals surface area contributed by atoms with Crippen LogP contribution in [-0.4, -0.2) is 25.4 Å². The van der Waals surface area contributed by atoms with E-state index in [1.807, 2.05) is 35.1 Å². The Hall–Kier alpha value is -3.44. The van der Waals surface area contributed by atoms with Gasteiger partial charge in [0.05, 0.1) is 10.5 Å². The lowest BCUT2D eigenvalue weighted by Gasteiger charge is -2.25. The van der Waals surface area contributed by atoms with Gasteiger partial charge in [0.2, 0.25) is 10.0 Å². The van der Waals surface area contributed by atoms with Crippen LogP contribution in [0, 0.1) is 0 Å². The minimum atomic E-state index is -4.76. The number of H-pyrrole nitrogens is 2. The summed E-state index contributed by atoms with van der Waals surface area (Å²) in [4.78, 5) is 29.2. The number of benzene rings is 2. The van der Waals surface area contributed by atoms with Gasteiger partial charge in [-0.3, -0.25) is 9.78 Å². The SMILES string of the molecule is CNS(=O)(=O)c1ccc(C2=CCC(c3[nH]c(=O)[nH]c(=O)c3Cc3ccccc3)CC2)c(C(F)(F)F)c1. The fourth-order valence-electron chi connectivity index (χ4n) is 4.52. The van der Waals surface area contributed by atoms with Gasteiger partial charge in [-0.15, -0.1) is 0 Å². The van der Waals surface area contributed by atoms with E-state index < -0.39 is 37.9 Å². The molecule has 0 saturated carbocycles. The molecule has 1 aliphatic rings. The first kappa shape index (κ1) is 25.6. The van der Waals surface area contributed by atoms with Gasteiger partial charge in [-0.05, 0) is 55.1 Å². The second-order valence-corrected chi connectivity index (χ2v) is 10.5. The van der Waals surface area contributed by atoms with Crippen LogP contribution < -0.4 is 16.0 Å². The van der Waals surface area contributed by atoms with Crippen molar-refractivity contribution in [2.45, 2.75) is 42.7 Å². The molecule has 190 valence electrons. The highest BCUT2D eigenvalue weighted by atomic mass is 32.2. The van der Waals surface area contributed by atoms with E-state index >= 15 is 0 Å². The molecule has 0 saturated heterocycles. The van der Waals surface area contributed by atoms with Crippen molar-refractivity contribution in [3.05, 3.63) is 103 Å². The largest absolute Gasteiger partial charge is 0.417 e. The molecule has 3 N–H and O–H groups in total. The van der Waals surface area contributed by atoms with E-state index in [2.05, 4.69) is 9.97 Å². The number of hydrogen-bond acceptors (Lipinski definition) is 4. The number of aromatic nitrogens is 2. The highest BCUT2D eigenvalue weighted by Crippen LogP contribution is 2.41. The molecule has 1 heterocycles. The molecule has 0 amide bonds. The third-order valence-electron chi connectivity index (χ3n) is 6.34. The second kappa shape index (κ2) is 9.90.